The number of carbonyl (C=O) groups excluding carboxylic acids is 1. The molecule has 4 nitrogen and oxygen atoms in total. The van der Waals surface area contributed by atoms with Gasteiger partial charge in [0.25, 0.3) is 0 Å². The fourth-order valence-electron chi connectivity index (χ4n) is 2.24. The highest BCUT2D eigenvalue weighted by molar-refractivity contribution is 7.14. The number of amides is 1. The van der Waals surface area contributed by atoms with Crippen molar-refractivity contribution in [3.63, 3.8) is 0 Å². The molecule has 18 heavy (non-hydrogen) atoms. The third-order valence-electron chi connectivity index (χ3n) is 3.33. The van der Waals surface area contributed by atoms with E-state index < -0.39 is 0 Å². The van der Waals surface area contributed by atoms with Crippen LogP contribution in [0.25, 0.3) is 0 Å². The number of nitrogens with one attached hydrogen (secondary N) is 1. The highest BCUT2D eigenvalue weighted by atomic mass is 32.1. The summed E-state index contributed by atoms with van der Waals surface area (Å²) in [5.41, 5.74) is 0.542. The van der Waals surface area contributed by atoms with Crippen molar-refractivity contribution in [1.82, 2.24) is 4.90 Å². The summed E-state index contributed by atoms with van der Waals surface area (Å²) in [4.78, 5) is 14.1. The van der Waals surface area contributed by atoms with Gasteiger partial charge in [0.2, 0.25) is 5.91 Å². The minimum atomic E-state index is -0.0253. The molecule has 0 aliphatic carbocycles. The van der Waals surface area contributed by atoms with E-state index in [1.165, 1.54) is 24.2 Å². The summed E-state index contributed by atoms with van der Waals surface area (Å²) in [7, 11) is 0. The van der Waals surface area contributed by atoms with Crippen molar-refractivity contribution in [1.29, 1.82) is 5.26 Å². The first-order valence-corrected chi connectivity index (χ1v) is 7.10. The highest BCUT2D eigenvalue weighted by Gasteiger charge is 2.20. The molecule has 5 heteroatoms. The number of nitrogens with zero attached hydrogens (tertiary/aromatic N) is 2. The lowest BCUT2D eigenvalue weighted by atomic mass is 10.0. The van der Waals surface area contributed by atoms with Gasteiger partial charge in [0.1, 0.15) is 11.1 Å². The number of piperidine rings is 1. The van der Waals surface area contributed by atoms with Crippen molar-refractivity contribution in [3.8, 4) is 6.07 Å². The molecule has 1 aromatic rings. The number of hydrogen-bond donors (Lipinski definition) is 1. The Balaban J connectivity index is 1.91. The van der Waals surface area contributed by atoms with Gasteiger partial charge in [-0.2, -0.15) is 5.26 Å². The molecular formula is C13H17N3OS. The predicted octanol–water partition coefficient (Wildman–Crippen LogP) is 2.43. The van der Waals surface area contributed by atoms with Crippen LogP contribution in [0.3, 0.4) is 0 Å². The molecule has 1 saturated heterocycles. The van der Waals surface area contributed by atoms with Crippen LogP contribution in [0, 0.1) is 11.3 Å². The monoisotopic (exact) mass is 263 g/mol. The lowest BCUT2D eigenvalue weighted by Crippen LogP contribution is -2.42. The van der Waals surface area contributed by atoms with E-state index in [0.29, 0.717) is 23.2 Å². The molecule has 0 radical (unpaired) electrons. The van der Waals surface area contributed by atoms with Gasteiger partial charge in [-0.15, -0.1) is 11.3 Å². The maximum atomic E-state index is 11.9. The van der Waals surface area contributed by atoms with Crippen molar-refractivity contribution in [2.75, 3.05) is 18.4 Å². The van der Waals surface area contributed by atoms with Gasteiger partial charge in [0.05, 0.1) is 12.1 Å². The van der Waals surface area contributed by atoms with Crippen LogP contribution in [0.15, 0.2) is 11.4 Å². The van der Waals surface area contributed by atoms with E-state index in [9.17, 15) is 4.79 Å². The summed E-state index contributed by atoms with van der Waals surface area (Å²) in [6.45, 7) is 3.58. The van der Waals surface area contributed by atoms with E-state index in [1.807, 2.05) is 5.38 Å². The number of thiophene rings is 1. The fourth-order valence-corrected chi connectivity index (χ4v) is 2.99. The van der Waals surface area contributed by atoms with Crippen molar-refractivity contribution < 1.29 is 4.79 Å². The third-order valence-corrected chi connectivity index (χ3v) is 4.16. The average Bonchev–Trinajstić information content (AvgIpc) is 2.79. The molecule has 0 saturated carbocycles. The van der Waals surface area contributed by atoms with Gasteiger partial charge in [-0.1, -0.05) is 6.42 Å². The Morgan fingerprint density at radius 2 is 2.50 bits per heavy atom. The minimum Gasteiger partial charge on any atom is -0.315 e. The molecule has 1 N–H and O–H groups in total. The average molecular weight is 263 g/mol. The zero-order valence-electron chi connectivity index (χ0n) is 10.5. The Kier molecular flexibility index (Phi) is 4.34. The van der Waals surface area contributed by atoms with E-state index in [4.69, 9.17) is 5.26 Å². The largest absolute Gasteiger partial charge is 0.315 e. The number of carbonyl (C=O) groups is 1. The summed E-state index contributed by atoms with van der Waals surface area (Å²) in [5.74, 6) is -0.0253. The first kappa shape index (κ1) is 13.1. The molecule has 0 bridgehead atoms. The van der Waals surface area contributed by atoms with Crippen molar-refractivity contribution >= 4 is 22.2 Å². The fraction of sp³-hybridized carbons (Fsp3) is 0.538. The quantitative estimate of drug-likeness (QED) is 0.911. The van der Waals surface area contributed by atoms with Gasteiger partial charge >= 0.3 is 0 Å². The smallest absolute Gasteiger partial charge is 0.239 e. The Labute approximate surface area is 111 Å². The van der Waals surface area contributed by atoms with Crippen LogP contribution in [-0.4, -0.2) is 29.9 Å². The zero-order valence-corrected chi connectivity index (χ0v) is 11.3. The lowest BCUT2D eigenvalue weighted by molar-refractivity contribution is -0.118. The maximum Gasteiger partial charge on any atom is 0.239 e. The SMILES string of the molecule is C[C@@H]1CCCCN1CC(=O)Nc1sccc1C#N. The Morgan fingerprint density at radius 1 is 1.67 bits per heavy atom. The van der Waals surface area contributed by atoms with Crippen LogP contribution in [0.2, 0.25) is 0 Å². The van der Waals surface area contributed by atoms with E-state index in [-0.39, 0.29) is 5.91 Å². The summed E-state index contributed by atoms with van der Waals surface area (Å²) < 4.78 is 0. The summed E-state index contributed by atoms with van der Waals surface area (Å²) >= 11 is 1.39. The van der Waals surface area contributed by atoms with E-state index in [2.05, 4.69) is 23.2 Å². The topological polar surface area (TPSA) is 56.1 Å². The van der Waals surface area contributed by atoms with E-state index >= 15 is 0 Å². The van der Waals surface area contributed by atoms with Gasteiger partial charge in [0.15, 0.2) is 0 Å². The van der Waals surface area contributed by atoms with E-state index in [1.54, 1.807) is 6.07 Å². The number of hydrogen-bond acceptors (Lipinski definition) is 4. The molecule has 1 fully saturated rings. The van der Waals surface area contributed by atoms with Crippen LogP contribution >= 0.6 is 11.3 Å². The number of nitriles is 1. The second kappa shape index (κ2) is 5.98. The van der Waals surface area contributed by atoms with Crippen LogP contribution in [0.5, 0.6) is 0 Å². The van der Waals surface area contributed by atoms with Gasteiger partial charge in [-0.3, -0.25) is 9.69 Å². The normalized spacial score (nSPS) is 20.3. The van der Waals surface area contributed by atoms with Crippen LogP contribution in [-0.2, 0) is 4.79 Å². The number of likely N-dealkylation sites (tertiary alicyclic amines) is 1. The molecule has 1 aliphatic heterocycles. The molecule has 1 aliphatic rings. The lowest BCUT2D eigenvalue weighted by Gasteiger charge is -2.32. The zero-order chi connectivity index (χ0) is 13.0. The van der Waals surface area contributed by atoms with Gasteiger partial charge in [-0.05, 0) is 37.8 Å². The second-order valence-electron chi connectivity index (χ2n) is 4.64. The Hall–Kier alpha value is -1.38. The second-order valence-corrected chi connectivity index (χ2v) is 5.55. The standard InChI is InChI=1S/C13H17N3OS/c1-10-4-2-3-6-16(10)9-12(17)15-13-11(8-14)5-7-18-13/h5,7,10H,2-4,6,9H2,1H3,(H,15,17)/t10-/m1/s1. The Bertz CT molecular complexity index is 463. The molecule has 2 heterocycles. The maximum absolute atomic E-state index is 11.9. The Morgan fingerprint density at radius 3 is 3.22 bits per heavy atom. The minimum absolute atomic E-state index is 0.0253. The molecule has 1 amide bonds. The molecular weight excluding hydrogens is 246 g/mol. The third kappa shape index (κ3) is 3.09. The summed E-state index contributed by atoms with van der Waals surface area (Å²) in [5, 5.41) is 14.2. The molecule has 2 rings (SSSR count). The van der Waals surface area contributed by atoms with Crippen molar-refractivity contribution in [2.24, 2.45) is 0 Å². The van der Waals surface area contributed by atoms with Crippen LogP contribution in [0.4, 0.5) is 5.00 Å². The molecule has 0 unspecified atom stereocenters. The van der Waals surface area contributed by atoms with Gasteiger partial charge in [0, 0.05) is 6.04 Å². The summed E-state index contributed by atoms with van der Waals surface area (Å²) in [6, 6.07) is 4.28. The molecule has 1 aromatic heterocycles. The number of anilines is 1. The predicted molar refractivity (Wildman–Crippen MR) is 72.5 cm³/mol. The highest BCUT2D eigenvalue weighted by Crippen LogP contribution is 2.22. The first-order valence-electron chi connectivity index (χ1n) is 6.22. The van der Waals surface area contributed by atoms with Crippen LogP contribution < -0.4 is 5.32 Å². The van der Waals surface area contributed by atoms with E-state index in [0.717, 1.165) is 13.0 Å². The van der Waals surface area contributed by atoms with Gasteiger partial charge < -0.3 is 5.32 Å². The van der Waals surface area contributed by atoms with Crippen molar-refractivity contribution in [2.45, 2.75) is 32.2 Å². The first-order chi connectivity index (χ1) is 8.70. The molecule has 1 atom stereocenters. The number of rotatable bonds is 3. The molecule has 96 valence electrons. The van der Waals surface area contributed by atoms with Crippen LogP contribution in [0.1, 0.15) is 31.7 Å². The molecule has 0 spiro atoms. The van der Waals surface area contributed by atoms with Crippen molar-refractivity contribution in [3.05, 3.63) is 17.0 Å². The summed E-state index contributed by atoms with van der Waals surface area (Å²) in [6.07, 6.45) is 3.58. The molecule has 0 aromatic carbocycles. The van der Waals surface area contributed by atoms with Gasteiger partial charge in [-0.25, -0.2) is 0 Å².